The number of benzene rings is 1. The highest BCUT2D eigenvalue weighted by Gasteiger charge is 2.54. The molecule has 6 nitrogen and oxygen atoms in total. The number of nitrogens with one attached hydrogen (secondary N) is 1. The highest BCUT2D eigenvalue weighted by atomic mass is 16.5. The van der Waals surface area contributed by atoms with E-state index in [1.165, 1.54) is 0 Å². The average Bonchev–Trinajstić information content (AvgIpc) is 2.81. The molecule has 1 heterocycles. The fourth-order valence-electron chi connectivity index (χ4n) is 6.79. The Bertz CT molecular complexity index is 825. The van der Waals surface area contributed by atoms with Gasteiger partial charge in [-0.2, -0.15) is 0 Å². The maximum absolute atomic E-state index is 13.1. The third-order valence-corrected chi connectivity index (χ3v) is 8.80. The second-order valence-electron chi connectivity index (χ2n) is 10.8. The van der Waals surface area contributed by atoms with Crippen LogP contribution in [0.15, 0.2) is 30.3 Å². The molecule has 1 saturated heterocycles. The van der Waals surface area contributed by atoms with Gasteiger partial charge in [-0.05, 0) is 54.4 Å². The van der Waals surface area contributed by atoms with E-state index >= 15 is 0 Å². The summed E-state index contributed by atoms with van der Waals surface area (Å²) in [7, 11) is 0. The molecule has 0 aromatic heterocycles. The molecular formula is C27H40N2O4. The number of nitrogens with zero attached hydrogens (tertiary/aromatic N) is 1. The molecule has 7 atom stereocenters. The van der Waals surface area contributed by atoms with Crippen LogP contribution in [0.4, 0.5) is 0 Å². The molecule has 3 aliphatic rings. The summed E-state index contributed by atoms with van der Waals surface area (Å²) in [6.45, 7) is 8.92. The van der Waals surface area contributed by atoms with Crippen molar-refractivity contribution in [1.29, 1.82) is 0 Å². The first kappa shape index (κ1) is 24.2. The Kier molecular flexibility index (Phi) is 7.44. The van der Waals surface area contributed by atoms with Gasteiger partial charge >= 0.3 is 0 Å². The van der Waals surface area contributed by atoms with Gasteiger partial charge in [0.25, 0.3) is 0 Å². The van der Waals surface area contributed by atoms with Crippen molar-refractivity contribution in [2.24, 2.45) is 29.1 Å². The summed E-state index contributed by atoms with van der Waals surface area (Å²) in [5.41, 5.74) is 1.06. The van der Waals surface area contributed by atoms with Gasteiger partial charge in [-0.25, -0.2) is 0 Å². The van der Waals surface area contributed by atoms with Crippen LogP contribution in [0.1, 0.15) is 52.0 Å². The van der Waals surface area contributed by atoms with Crippen LogP contribution < -0.4 is 5.32 Å². The van der Waals surface area contributed by atoms with Gasteiger partial charge in [0.05, 0.1) is 25.7 Å². The number of amides is 2. The Morgan fingerprint density at radius 1 is 1.18 bits per heavy atom. The molecule has 3 fully saturated rings. The Balaban J connectivity index is 1.43. The van der Waals surface area contributed by atoms with Gasteiger partial charge in [-0.1, -0.05) is 51.1 Å². The molecule has 6 heteroatoms. The van der Waals surface area contributed by atoms with Crippen LogP contribution in [0.25, 0.3) is 0 Å². The number of aliphatic hydroxyl groups is 1. The van der Waals surface area contributed by atoms with Crippen molar-refractivity contribution >= 4 is 11.8 Å². The summed E-state index contributed by atoms with van der Waals surface area (Å²) in [5.74, 6) is 0.169. The van der Waals surface area contributed by atoms with Crippen molar-refractivity contribution in [3.8, 4) is 0 Å². The largest absolute Gasteiger partial charge is 0.392 e. The molecule has 2 aliphatic carbocycles. The van der Waals surface area contributed by atoms with Gasteiger partial charge in [0.1, 0.15) is 0 Å². The molecule has 182 valence electrons. The molecular weight excluding hydrogens is 416 g/mol. The van der Waals surface area contributed by atoms with Gasteiger partial charge in [0.2, 0.25) is 11.8 Å². The van der Waals surface area contributed by atoms with E-state index in [1.54, 1.807) is 0 Å². The van der Waals surface area contributed by atoms with Crippen molar-refractivity contribution in [1.82, 2.24) is 10.2 Å². The molecule has 0 spiro atoms. The molecule has 0 bridgehead atoms. The minimum Gasteiger partial charge on any atom is -0.392 e. The lowest BCUT2D eigenvalue weighted by Crippen LogP contribution is -2.59. The summed E-state index contributed by atoms with van der Waals surface area (Å²) >= 11 is 0. The summed E-state index contributed by atoms with van der Waals surface area (Å²) in [6.07, 6.45) is 3.68. The van der Waals surface area contributed by atoms with Gasteiger partial charge in [-0.15, -0.1) is 0 Å². The van der Waals surface area contributed by atoms with E-state index in [-0.39, 0.29) is 46.9 Å². The first-order valence-corrected chi connectivity index (χ1v) is 12.7. The van der Waals surface area contributed by atoms with E-state index in [0.717, 1.165) is 31.2 Å². The summed E-state index contributed by atoms with van der Waals surface area (Å²) in [5, 5.41) is 14.9. The third-order valence-electron chi connectivity index (χ3n) is 8.80. The minimum absolute atomic E-state index is 0.0411. The molecule has 0 radical (unpaired) electrons. The SMILES string of the molecule is C[C@@H]1[C@@H]2[C@@H](O)[C@@H]([C@H](C)C(=O)N3CCOCC3)CC[C@]2(C)CC[C@@H]1NC(=O)Cc1ccccc1. The van der Waals surface area contributed by atoms with E-state index in [4.69, 9.17) is 4.74 Å². The van der Waals surface area contributed by atoms with Crippen molar-refractivity contribution in [3.63, 3.8) is 0 Å². The van der Waals surface area contributed by atoms with Crippen LogP contribution in [-0.4, -0.2) is 60.3 Å². The fourth-order valence-corrected chi connectivity index (χ4v) is 6.79. The van der Waals surface area contributed by atoms with Crippen molar-refractivity contribution in [2.45, 2.75) is 65.0 Å². The molecule has 2 N–H and O–H groups in total. The first-order chi connectivity index (χ1) is 15.8. The standard InChI is InChI=1S/C27H40N2O4/c1-18(26(32)29-13-15-33-16-14-29)21-9-11-27(3)12-10-22(19(2)24(27)25(21)31)28-23(30)17-20-7-5-4-6-8-20/h4-8,18-19,21-22,24-25,31H,9-17H2,1-3H3,(H,28,30)/t18-,19-,21+,22-,24+,25-,27+/m0/s1. The quantitative estimate of drug-likeness (QED) is 0.714. The molecule has 1 aromatic carbocycles. The van der Waals surface area contributed by atoms with Crippen molar-refractivity contribution in [3.05, 3.63) is 35.9 Å². The smallest absolute Gasteiger partial charge is 0.225 e. The number of carbonyl (C=O) groups excluding carboxylic acids is 2. The average molecular weight is 457 g/mol. The number of carbonyl (C=O) groups is 2. The maximum atomic E-state index is 13.1. The topological polar surface area (TPSA) is 78.9 Å². The van der Waals surface area contributed by atoms with E-state index in [9.17, 15) is 14.7 Å². The number of hydrogen-bond acceptors (Lipinski definition) is 4. The van der Waals surface area contributed by atoms with Gasteiger partial charge in [-0.3, -0.25) is 9.59 Å². The summed E-state index contributed by atoms with van der Waals surface area (Å²) in [4.78, 5) is 27.8. The third kappa shape index (κ3) is 5.12. The van der Waals surface area contributed by atoms with Crippen LogP contribution in [0, 0.1) is 29.1 Å². The van der Waals surface area contributed by atoms with E-state index in [0.29, 0.717) is 32.7 Å². The lowest BCUT2D eigenvalue weighted by Gasteiger charge is -2.56. The van der Waals surface area contributed by atoms with E-state index in [1.807, 2.05) is 42.2 Å². The van der Waals surface area contributed by atoms with Crippen LogP contribution in [0.5, 0.6) is 0 Å². The summed E-state index contributed by atoms with van der Waals surface area (Å²) < 4.78 is 5.40. The zero-order valence-electron chi connectivity index (χ0n) is 20.3. The highest BCUT2D eigenvalue weighted by molar-refractivity contribution is 5.79. The number of ether oxygens (including phenoxy) is 1. The second-order valence-corrected chi connectivity index (χ2v) is 10.8. The predicted molar refractivity (Wildman–Crippen MR) is 127 cm³/mol. The zero-order chi connectivity index (χ0) is 23.6. The first-order valence-electron chi connectivity index (χ1n) is 12.7. The number of fused-ring (bicyclic) bond motifs is 1. The Morgan fingerprint density at radius 2 is 1.85 bits per heavy atom. The fraction of sp³-hybridized carbons (Fsp3) is 0.704. The number of hydrogen-bond donors (Lipinski definition) is 2. The second kappa shape index (κ2) is 10.1. The van der Waals surface area contributed by atoms with Crippen LogP contribution in [0.3, 0.4) is 0 Å². The van der Waals surface area contributed by atoms with E-state index < -0.39 is 6.10 Å². The predicted octanol–water partition coefficient (Wildman–Crippen LogP) is 3.03. The lowest BCUT2D eigenvalue weighted by atomic mass is 9.51. The van der Waals surface area contributed by atoms with Gasteiger partial charge in [0.15, 0.2) is 0 Å². The van der Waals surface area contributed by atoms with Gasteiger partial charge in [0, 0.05) is 25.0 Å². The Hall–Kier alpha value is -1.92. The number of aliphatic hydroxyl groups excluding tert-OH is 1. The monoisotopic (exact) mass is 456 g/mol. The zero-order valence-corrected chi connectivity index (χ0v) is 20.3. The molecule has 4 rings (SSSR count). The van der Waals surface area contributed by atoms with Crippen molar-refractivity contribution in [2.75, 3.05) is 26.3 Å². The maximum Gasteiger partial charge on any atom is 0.225 e. The molecule has 0 unspecified atom stereocenters. The highest BCUT2D eigenvalue weighted by Crippen LogP contribution is 2.55. The van der Waals surface area contributed by atoms with Crippen LogP contribution >= 0.6 is 0 Å². The summed E-state index contributed by atoms with van der Waals surface area (Å²) in [6, 6.07) is 9.87. The minimum atomic E-state index is -0.535. The molecule has 1 aliphatic heterocycles. The van der Waals surface area contributed by atoms with Crippen molar-refractivity contribution < 1.29 is 19.4 Å². The molecule has 1 aromatic rings. The Morgan fingerprint density at radius 3 is 2.55 bits per heavy atom. The van der Waals surface area contributed by atoms with E-state index in [2.05, 4.69) is 19.2 Å². The number of rotatable bonds is 5. The normalized spacial score (nSPS) is 35.4. The van der Waals surface area contributed by atoms with Crippen LogP contribution in [-0.2, 0) is 20.7 Å². The molecule has 33 heavy (non-hydrogen) atoms. The molecule has 2 saturated carbocycles. The lowest BCUT2D eigenvalue weighted by molar-refractivity contribution is -0.153. The van der Waals surface area contributed by atoms with Crippen LogP contribution in [0.2, 0.25) is 0 Å². The number of morpholine rings is 1. The molecule has 2 amide bonds. The van der Waals surface area contributed by atoms with Gasteiger partial charge < -0.3 is 20.1 Å². The Labute approximate surface area is 198 Å².